The third-order valence-corrected chi connectivity index (χ3v) is 5.39. The summed E-state index contributed by atoms with van der Waals surface area (Å²) >= 11 is 0. The lowest BCUT2D eigenvalue weighted by Crippen LogP contribution is -2.49. The molecule has 0 radical (unpaired) electrons. The van der Waals surface area contributed by atoms with E-state index in [1.54, 1.807) is 12.1 Å². The van der Waals surface area contributed by atoms with Crippen molar-refractivity contribution in [2.75, 3.05) is 6.54 Å². The number of benzene rings is 2. The van der Waals surface area contributed by atoms with Gasteiger partial charge in [-0.05, 0) is 49.9 Å². The highest BCUT2D eigenvalue weighted by molar-refractivity contribution is 5.85. The summed E-state index contributed by atoms with van der Waals surface area (Å²) in [4.78, 5) is 26.1. The second kappa shape index (κ2) is 9.02. The van der Waals surface area contributed by atoms with Gasteiger partial charge in [0.1, 0.15) is 0 Å². The standard InChI is InChI=1S/C23H28N2O3/c1-16-6-5-7-18(14-16)15-25-13-4-3-8-21(25)22(26)24-17(2)19-9-11-20(12-10-19)23(27)28/h5-7,9-12,14,17,21H,3-4,8,13,15H2,1-2H3,(H,24,26)(H,27,28)/p-1/t17-,21?/m0/s1. The van der Waals surface area contributed by atoms with Crippen LogP contribution in [0.1, 0.15) is 59.3 Å². The minimum absolute atomic E-state index is 0.0313. The quantitative estimate of drug-likeness (QED) is 0.837. The molecule has 2 atom stereocenters. The number of aryl methyl sites for hydroxylation is 1. The van der Waals surface area contributed by atoms with E-state index >= 15 is 0 Å². The smallest absolute Gasteiger partial charge is 0.237 e. The van der Waals surface area contributed by atoms with Crippen molar-refractivity contribution in [3.05, 3.63) is 70.8 Å². The summed E-state index contributed by atoms with van der Waals surface area (Å²) in [6.07, 6.45) is 3.01. The lowest BCUT2D eigenvalue weighted by molar-refractivity contribution is -0.255. The van der Waals surface area contributed by atoms with E-state index in [0.717, 1.165) is 37.9 Å². The topological polar surface area (TPSA) is 72.5 Å². The fourth-order valence-electron chi connectivity index (χ4n) is 3.82. The number of aromatic carboxylic acids is 1. The van der Waals surface area contributed by atoms with Gasteiger partial charge in [0, 0.05) is 6.54 Å². The third-order valence-electron chi connectivity index (χ3n) is 5.39. The van der Waals surface area contributed by atoms with Crippen molar-refractivity contribution in [1.29, 1.82) is 0 Å². The van der Waals surface area contributed by atoms with Crippen molar-refractivity contribution >= 4 is 11.9 Å². The maximum absolute atomic E-state index is 13.0. The third kappa shape index (κ3) is 4.98. The number of carboxylic acid groups (broad SMARTS) is 1. The summed E-state index contributed by atoms with van der Waals surface area (Å²) in [7, 11) is 0. The van der Waals surface area contributed by atoms with Gasteiger partial charge in [0.15, 0.2) is 0 Å². The Morgan fingerprint density at radius 2 is 1.93 bits per heavy atom. The van der Waals surface area contributed by atoms with Crippen molar-refractivity contribution in [3.8, 4) is 0 Å². The first-order valence-electron chi connectivity index (χ1n) is 9.85. The molecule has 1 unspecified atom stereocenters. The number of likely N-dealkylation sites (tertiary alicyclic amines) is 1. The second-order valence-corrected chi connectivity index (χ2v) is 7.61. The molecule has 1 fully saturated rings. The van der Waals surface area contributed by atoms with Gasteiger partial charge >= 0.3 is 0 Å². The summed E-state index contributed by atoms with van der Waals surface area (Å²) in [5.41, 5.74) is 3.47. The van der Waals surface area contributed by atoms with Crippen molar-refractivity contribution in [2.45, 2.75) is 51.7 Å². The van der Waals surface area contributed by atoms with Gasteiger partial charge in [-0.3, -0.25) is 9.69 Å². The van der Waals surface area contributed by atoms with E-state index in [1.807, 2.05) is 6.92 Å². The highest BCUT2D eigenvalue weighted by Gasteiger charge is 2.29. The molecule has 1 saturated heterocycles. The zero-order chi connectivity index (χ0) is 20.1. The van der Waals surface area contributed by atoms with Gasteiger partial charge in [0.05, 0.1) is 18.1 Å². The molecule has 2 aromatic carbocycles. The van der Waals surface area contributed by atoms with Gasteiger partial charge in [-0.1, -0.05) is 60.5 Å². The molecule has 3 rings (SSSR count). The molecule has 1 amide bonds. The zero-order valence-corrected chi connectivity index (χ0v) is 16.5. The Morgan fingerprint density at radius 3 is 2.61 bits per heavy atom. The van der Waals surface area contributed by atoms with E-state index < -0.39 is 5.97 Å². The number of nitrogens with one attached hydrogen (secondary N) is 1. The molecule has 1 heterocycles. The Hall–Kier alpha value is -2.66. The Morgan fingerprint density at radius 1 is 1.18 bits per heavy atom. The van der Waals surface area contributed by atoms with Crippen LogP contribution in [-0.4, -0.2) is 29.4 Å². The maximum Gasteiger partial charge on any atom is 0.237 e. The van der Waals surface area contributed by atoms with Gasteiger partial charge in [-0.25, -0.2) is 0 Å². The molecule has 148 valence electrons. The van der Waals surface area contributed by atoms with E-state index in [9.17, 15) is 14.7 Å². The van der Waals surface area contributed by atoms with E-state index in [1.165, 1.54) is 23.3 Å². The molecule has 2 aromatic rings. The first-order chi connectivity index (χ1) is 13.4. The number of piperidine rings is 1. The Kier molecular flexibility index (Phi) is 6.47. The zero-order valence-electron chi connectivity index (χ0n) is 16.5. The molecule has 1 aliphatic rings. The van der Waals surface area contributed by atoms with E-state index in [2.05, 4.69) is 41.4 Å². The highest BCUT2D eigenvalue weighted by Crippen LogP contribution is 2.22. The number of carbonyl (C=O) groups excluding carboxylic acids is 2. The number of nitrogens with zero attached hydrogens (tertiary/aromatic N) is 1. The lowest BCUT2D eigenvalue weighted by atomic mass is 9.99. The number of carbonyl (C=O) groups is 2. The first-order valence-corrected chi connectivity index (χ1v) is 9.85. The SMILES string of the molecule is Cc1cccc(CN2CCCCC2C(=O)N[C@@H](C)c2ccc(C(=O)[O-])cc2)c1. The molecular weight excluding hydrogens is 352 g/mol. The maximum atomic E-state index is 13.0. The average Bonchev–Trinajstić information content (AvgIpc) is 2.68. The van der Waals surface area contributed by atoms with Crippen molar-refractivity contribution in [1.82, 2.24) is 10.2 Å². The molecule has 0 aliphatic carbocycles. The molecule has 0 spiro atoms. The van der Waals surface area contributed by atoms with Crippen LogP contribution in [0.5, 0.6) is 0 Å². The van der Waals surface area contributed by atoms with Crippen molar-refractivity contribution in [3.63, 3.8) is 0 Å². The molecular formula is C23H27N2O3-. The second-order valence-electron chi connectivity index (χ2n) is 7.61. The minimum atomic E-state index is -1.20. The summed E-state index contributed by atoms with van der Waals surface area (Å²) in [6.45, 7) is 5.69. The fourth-order valence-corrected chi connectivity index (χ4v) is 3.82. The van der Waals surface area contributed by atoms with Crippen molar-refractivity contribution in [2.24, 2.45) is 0 Å². The van der Waals surface area contributed by atoms with Crippen LogP contribution >= 0.6 is 0 Å². The Balaban J connectivity index is 1.65. The van der Waals surface area contributed by atoms with Gasteiger partial charge < -0.3 is 15.2 Å². The molecule has 1 N–H and O–H groups in total. The van der Waals surface area contributed by atoms with Crippen LogP contribution < -0.4 is 10.4 Å². The molecule has 5 heteroatoms. The molecule has 5 nitrogen and oxygen atoms in total. The Bertz CT molecular complexity index is 832. The number of hydrogen-bond acceptors (Lipinski definition) is 4. The van der Waals surface area contributed by atoms with Crippen LogP contribution in [-0.2, 0) is 11.3 Å². The minimum Gasteiger partial charge on any atom is -0.545 e. The van der Waals surface area contributed by atoms with Crippen LogP contribution in [0.4, 0.5) is 0 Å². The predicted octanol–water partition coefficient (Wildman–Crippen LogP) is 2.59. The first kappa shape index (κ1) is 20.1. The lowest BCUT2D eigenvalue weighted by Gasteiger charge is -2.35. The number of carboxylic acids is 1. The predicted molar refractivity (Wildman–Crippen MR) is 107 cm³/mol. The fraction of sp³-hybridized carbons (Fsp3) is 0.391. The van der Waals surface area contributed by atoms with Gasteiger partial charge in [-0.2, -0.15) is 0 Å². The molecule has 0 aromatic heterocycles. The van der Waals surface area contributed by atoms with Crippen LogP contribution in [0.3, 0.4) is 0 Å². The largest absolute Gasteiger partial charge is 0.545 e. The average molecular weight is 379 g/mol. The number of amides is 1. The van der Waals surface area contributed by atoms with Crippen LogP contribution in [0, 0.1) is 6.92 Å². The summed E-state index contributed by atoms with van der Waals surface area (Å²) in [6, 6.07) is 14.6. The Labute approximate surface area is 166 Å². The van der Waals surface area contributed by atoms with E-state index in [-0.39, 0.29) is 23.6 Å². The molecule has 0 bridgehead atoms. The molecule has 28 heavy (non-hydrogen) atoms. The van der Waals surface area contributed by atoms with E-state index in [0.29, 0.717) is 0 Å². The summed E-state index contributed by atoms with van der Waals surface area (Å²) < 4.78 is 0. The molecule has 0 saturated carbocycles. The van der Waals surface area contributed by atoms with Gasteiger partial charge in [-0.15, -0.1) is 0 Å². The highest BCUT2D eigenvalue weighted by atomic mass is 16.4. The van der Waals surface area contributed by atoms with Crippen LogP contribution in [0.2, 0.25) is 0 Å². The number of rotatable bonds is 6. The number of hydrogen-bond donors (Lipinski definition) is 1. The van der Waals surface area contributed by atoms with E-state index in [4.69, 9.17) is 0 Å². The van der Waals surface area contributed by atoms with Crippen molar-refractivity contribution < 1.29 is 14.7 Å². The van der Waals surface area contributed by atoms with Crippen LogP contribution in [0.25, 0.3) is 0 Å². The molecule has 1 aliphatic heterocycles. The van der Waals surface area contributed by atoms with Gasteiger partial charge in [0.25, 0.3) is 0 Å². The monoisotopic (exact) mass is 379 g/mol. The normalized spacial score (nSPS) is 18.4. The van der Waals surface area contributed by atoms with Gasteiger partial charge in [0.2, 0.25) is 5.91 Å². The summed E-state index contributed by atoms with van der Waals surface area (Å²) in [5.74, 6) is -1.17. The van der Waals surface area contributed by atoms with Crippen LogP contribution in [0.15, 0.2) is 48.5 Å². The summed E-state index contributed by atoms with van der Waals surface area (Å²) in [5, 5.41) is 14.0.